The summed E-state index contributed by atoms with van der Waals surface area (Å²) < 4.78 is 25.6. The highest BCUT2D eigenvalue weighted by Gasteiger charge is 2.15. The number of rotatable bonds is 2. The zero-order valence-corrected chi connectivity index (χ0v) is 8.99. The van der Waals surface area contributed by atoms with Gasteiger partial charge in [0.05, 0.1) is 5.69 Å². The Kier molecular flexibility index (Phi) is 2.70. The lowest BCUT2D eigenvalue weighted by Gasteiger charge is -2.19. The minimum atomic E-state index is -1.56. The first kappa shape index (κ1) is 10.2. The van der Waals surface area contributed by atoms with E-state index in [4.69, 9.17) is 0 Å². The van der Waals surface area contributed by atoms with Crippen LogP contribution in [0, 0.1) is 11.6 Å². The minimum Gasteiger partial charge on any atom is -0.408 e. The van der Waals surface area contributed by atoms with Crippen molar-refractivity contribution in [2.45, 2.75) is 19.6 Å². The predicted molar refractivity (Wildman–Crippen MR) is 53.3 cm³/mol. The third kappa shape index (κ3) is 3.14. The maximum absolute atomic E-state index is 13.1. The van der Waals surface area contributed by atoms with E-state index in [2.05, 4.69) is 24.6 Å². The van der Waals surface area contributed by atoms with Crippen LogP contribution in [-0.4, -0.2) is 8.24 Å². The lowest BCUT2D eigenvalue weighted by molar-refractivity contribution is 0.586. The third-order valence-electron chi connectivity index (χ3n) is 1.44. The van der Waals surface area contributed by atoms with Gasteiger partial charge >= 0.3 is 0 Å². The topological polar surface area (TPSA) is 12.0 Å². The molecule has 13 heavy (non-hydrogen) atoms. The van der Waals surface area contributed by atoms with Crippen LogP contribution in [0.15, 0.2) is 18.2 Å². The fourth-order valence-corrected chi connectivity index (χ4v) is 2.01. The maximum Gasteiger partial charge on any atom is 0.148 e. The van der Waals surface area contributed by atoms with E-state index in [1.807, 2.05) is 0 Å². The fourth-order valence-electron chi connectivity index (χ4n) is 0.995. The lowest BCUT2D eigenvalue weighted by Crippen LogP contribution is -2.32. The standard InChI is InChI=1S/C9H13F2NSi/c1-13(2,3)12-9-5-4-7(10)6-8(9)11/h4-6,12H,1-3H3. The first-order chi connectivity index (χ1) is 5.88. The fraction of sp³-hybridized carbons (Fsp3) is 0.333. The maximum atomic E-state index is 13.1. The van der Waals surface area contributed by atoms with Crippen LogP contribution in [0.1, 0.15) is 0 Å². The van der Waals surface area contributed by atoms with Gasteiger partial charge in [-0.25, -0.2) is 8.78 Å². The molecule has 4 heteroatoms. The highest BCUT2D eigenvalue weighted by Crippen LogP contribution is 2.17. The van der Waals surface area contributed by atoms with Crippen molar-refractivity contribution in [3.8, 4) is 0 Å². The van der Waals surface area contributed by atoms with E-state index in [-0.39, 0.29) is 0 Å². The van der Waals surface area contributed by atoms with E-state index in [1.54, 1.807) is 0 Å². The normalized spacial score (nSPS) is 11.5. The van der Waals surface area contributed by atoms with Crippen LogP contribution in [0.2, 0.25) is 19.6 Å². The molecule has 1 aromatic carbocycles. The zero-order valence-electron chi connectivity index (χ0n) is 7.99. The van der Waals surface area contributed by atoms with Gasteiger partial charge in [-0.05, 0) is 12.1 Å². The van der Waals surface area contributed by atoms with Gasteiger partial charge in [0.2, 0.25) is 0 Å². The molecule has 0 heterocycles. The summed E-state index contributed by atoms with van der Waals surface area (Å²) in [5, 5.41) is 0. The Bertz CT molecular complexity index is 307. The van der Waals surface area contributed by atoms with Gasteiger partial charge in [-0.15, -0.1) is 0 Å². The van der Waals surface area contributed by atoms with Gasteiger partial charge in [-0.1, -0.05) is 19.6 Å². The summed E-state index contributed by atoms with van der Waals surface area (Å²) in [6.07, 6.45) is 0. The first-order valence-corrected chi connectivity index (χ1v) is 7.62. The van der Waals surface area contributed by atoms with E-state index >= 15 is 0 Å². The number of hydrogen-bond donors (Lipinski definition) is 1. The van der Waals surface area contributed by atoms with E-state index in [9.17, 15) is 8.78 Å². The second-order valence-corrected chi connectivity index (χ2v) is 8.75. The van der Waals surface area contributed by atoms with Gasteiger partial charge < -0.3 is 4.98 Å². The Hall–Kier alpha value is -0.903. The number of nitrogens with one attached hydrogen (secondary N) is 1. The van der Waals surface area contributed by atoms with Gasteiger partial charge in [-0.3, -0.25) is 0 Å². The van der Waals surface area contributed by atoms with E-state index in [0.29, 0.717) is 5.69 Å². The molecule has 0 aliphatic carbocycles. The third-order valence-corrected chi connectivity index (χ3v) is 2.46. The Morgan fingerprint density at radius 1 is 1.15 bits per heavy atom. The first-order valence-electron chi connectivity index (χ1n) is 4.12. The summed E-state index contributed by atoms with van der Waals surface area (Å²) in [6, 6.07) is 3.58. The van der Waals surface area contributed by atoms with Gasteiger partial charge in [-0.2, -0.15) is 0 Å². The largest absolute Gasteiger partial charge is 0.408 e. The van der Waals surface area contributed by atoms with Crippen LogP contribution in [0.4, 0.5) is 14.5 Å². The van der Waals surface area contributed by atoms with Crippen LogP contribution >= 0.6 is 0 Å². The number of hydrogen-bond acceptors (Lipinski definition) is 1. The van der Waals surface area contributed by atoms with Gasteiger partial charge in [0.1, 0.15) is 19.9 Å². The van der Waals surface area contributed by atoms with Crippen LogP contribution in [0.25, 0.3) is 0 Å². The molecule has 0 aliphatic heterocycles. The summed E-state index contributed by atoms with van der Waals surface area (Å²) in [4.78, 5) is 3.07. The smallest absolute Gasteiger partial charge is 0.148 e. The van der Waals surface area contributed by atoms with Crippen LogP contribution in [0.5, 0.6) is 0 Å². The number of anilines is 1. The molecular formula is C9H13F2NSi. The van der Waals surface area contributed by atoms with Gasteiger partial charge in [0.15, 0.2) is 0 Å². The Balaban J connectivity index is 2.90. The van der Waals surface area contributed by atoms with Crippen molar-refractivity contribution >= 4 is 13.9 Å². The summed E-state index contributed by atoms with van der Waals surface area (Å²) >= 11 is 0. The number of halogens is 2. The molecular weight excluding hydrogens is 188 g/mol. The summed E-state index contributed by atoms with van der Waals surface area (Å²) in [6.45, 7) is 6.15. The highest BCUT2D eigenvalue weighted by molar-refractivity contribution is 6.79. The van der Waals surface area contributed by atoms with E-state index < -0.39 is 19.9 Å². The van der Waals surface area contributed by atoms with Crippen molar-refractivity contribution in [3.05, 3.63) is 29.8 Å². The van der Waals surface area contributed by atoms with Crippen LogP contribution in [-0.2, 0) is 0 Å². The number of benzene rings is 1. The molecule has 0 aliphatic rings. The van der Waals surface area contributed by atoms with Gasteiger partial charge in [0, 0.05) is 6.07 Å². The predicted octanol–water partition coefficient (Wildman–Crippen LogP) is 3.21. The molecule has 0 aromatic heterocycles. The summed E-state index contributed by atoms with van der Waals surface area (Å²) in [5.41, 5.74) is 0.389. The second-order valence-electron chi connectivity index (χ2n) is 4.00. The SMILES string of the molecule is C[Si](C)(C)Nc1ccc(F)cc1F. The van der Waals surface area contributed by atoms with Crippen molar-refractivity contribution < 1.29 is 8.78 Å². The molecule has 0 amide bonds. The zero-order chi connectivity index (χ0) is 10.1. The summed E-state index contributed by atoms with van der Waals surface area (Å²) in [5.74, 6) is -1.07. The molecule has 0 saturated heterocycles. The Labute approximate surface area is 77.9 Å². The lowest BCUT2D eigenvalue weighted by atomic mass is 10.3. The van der Waals surface area contributed by atoms with Crippen molar-refractivity contribution in [1.29, 1.82) is 0 Å². The average molecular weight is 201 g/mol. The van der Waals surface area contributed by atoms with Crippen molar-refractivity contribution in [3.63, 3.8) is 0 Å². The van der Waals surface area contributed by atoms with Crippen LogP contribution < -0.4 is 4.98 Å². The Morgan fingerprint density at radius 2 is 1.77 bits per heavy atom. The average Bonchev–Trinajstić information content (AvgIpc) is 1.93. The van der Waals surface area contributed by atoms with E-state index in [0.717, 1.165) is 6.07 Å². The van der Waals surface area contributed by atoms with Crippen molar-refractivity contribution in [2.75, 3.05) is 4.98 Å². The van der Waals surface area contributed by atoms with Crippen molar-refractivity contribution in [2.24, 2.45) is 0 Å². The molecule has 0 atom stereocenters. The molecule has 72 valence electrons. The molecule has 0 radical (unpaired) electrons. The summed E-state index contributed by atoms with van der Waals surface area (Å²) in [7, 11) is -1.56. The minimum absolute atomic E-state index is 0.389. The van der Waals surface area contributed by atoms with Crippen LogP contribution in [0.3, 0.4) is 0 Å². The quantitative estimate of drug-likeness (QED) is 0.724. The monoisotopic (exact) mass is 201 g/mol. The molecule has 0 unspecified atom stereocenters. The van der Waals surface area contributed by atoms with E-state index in [1.165, 1.54) is 12.1 Å². The highest BCUT2D eigenvalue weighted by atomic mass is 28.3. The van der Waals surface area contributed by atoms with Crippen molar-refractivity contribution in [1.82, 2.24) is 0 Å². The Morgan fingerprint density at radius 3 is 2.23 bits per heavy atom. The molecule has 0 saturated carbocycles. The molecule has 1 rings (SSSR count). The molecule has 1 aromatic rings. The molecule has 1 nitrogen and oxygen atoms in total. The molecule has 0 fully saturated rings. The molecule has 0 bridgehead atoms. The van der Waals surface area contributed by atoms with Gasteiger partial charge in [0.25, 0.3) is 0 Å². The molecule has 1 N–H and O–H groups in total. The molecule has 0 spiro atoms. The second kappa shape index (κ2) is 3.45.